The fourth-order valence-electron chi connectivity index (χ4n) is 3.98. The number of aromatic nitrogens is 3. The summed E-state index contributed by atoms with van der Waals surface area (Å²) in [6.07, 6.45) is 10.3. The minimum Gasteiger partial charge on any atom is -0.474 e. The lowest BCUT2D eigenvalue weighted by Crippen LogP contribution is -2.38. The van der Waals surface area contributed by atoms with Gasteiger partial charge < -0.3 is 9.26 Å². The van der Waals surface area contributed by atoms with Gasteiger partial charge in [-0.15, -0.1) is 0 Å². The molecular formula is C20H28N4O2. The first-order valence-corrected chi connectivity index (χ1v) is 9.91. The number of nitrogens with zero attached hydrogens (tertiary/aromatic N) is 4. The SMILES string of the molecule is Cc1cccnc1OC1CCN(Cc2noc(C3CCCCC3)n2)CC1. The van der Waals surface area contributed by atoms with Crippen LogP contribution in [0.25, 0.3) is 0 Å². The van der Waals surface area contributed by atoms with E-state index in [0.29, 0.717) is 5.92 Å². The van der Waals surface area contributed by atoms with Gasteiger partial charge in [0.2, 0.25) is 11.8 Å². The van der Waals surface area contributed by atoms with Crippen LogP contribution in [0.15, 0.2) is 22.9 Å². The van der Waals surface area contributed by atoms with Crippen LogP contribution in [0, 0.1) is 6.92 Å². The van der Waals surface area contributed by atoms with Crippen molar-refractivity contribution in [1.29, 1.82) is 0 Å². The Balaban J connectivity index is 1.26. The molecule has 1 aliphatic carbocycles. The zero-order chi connectivity index (χ0) is 17.8. The molecule has 1 saturated carbocycles. The third kappa shape index (κ3) is 4.23. The van der Waals surface area contributed by atoms with E-state index in [2.05, 4.69) is 20.0 Å². The Morgan fingerprint density at radius 3 is 2.73 bits per heavy atom. The van der Waals surface area contributed by atoms with Gasteiger partial charge in [0.15, 0.2) is 5.82 Å². The predicted octanol–water partition coefficient (Wildman–Crippen LogP) is 3.86. The lowest BCUT2D eigenvalue weighted by atomic mass is 9.89. The smallest absolute Gasteiger partial charge is 0.229 e. The Bertz CT molecular complexity index is 703. The molecule has 0 amide bonds. The minimum atomic E-state index is 0.239. The van der Waals surface area contributed by atoms with Gasteiger partial charge in [-0.05, 0) is 38.7 Å². The molecule has 0 unspecified atom stereocenters. The van der Waals surface area contributed by atoms with Crippen LogP contribution in [0.2, 0.25) is 0 Å². The molecule has 2 aromatic rings. The number of hydrogen-bond acceptors (Lipinski definition) is 6. The van der Waals surface area contributed by atoms with E-state index < -0.39 is 0 Å². The molecule has 6 nitrogen and oxygen atoms in total. The van der Waals surface area contributed by atoms with Crippen LogP contribution in [0.4, 0.5) is 0 Å². The van der Waals surface area contributed by atoms with E-state index >= 15 is 0 Å². The molecule has 0 atom stereocenters. The van der Waals surface area contributed by atoms with Crippen molar-refractivity contribution < 1.29 is 9.26 Å². The van der Waals surface area contributed by atoms with Crippen molar-refractivity contribution in [3.63, 3.8) is 0 Å². The van der Waals surface area contributed by atoms with Gasteiger partial charge in [-0.25, -0.2) is 4.98 Å². The van der Waals surface area contributed by atoms with Gasteiger partial charge in [0.1, 0.15) is 6.10 Å². The van der Waals surface area contributed by atoms with Crippen LogP contribution in [0.3, 0.4) is 0 Å². The fourth-order valence-corrected chi connectivity index (χ4v) is 3.98. The van der Waals surface area contributed by atoms with E-state index in [9.17, 15) is 0 Å². The van der Waals surface area contributed by atoms with Crippen molar-refractivity contribution in [2.45, 2.75) is 70.4 Å². The molecule has 0 aromatic carbocycles. The molecule has 1 aliphatic heterocycles. The summed E-state index contributed by atoms with van der Waals surface area (Å²) in [7, 11) is 0. The number of piperidine rings is 1. The minimum absolute atomic E-state index is 0.239. The Morgan fingerprint density at radius 2 is 1.96 bits per heavy atom. The van der Waals surface area contributed by atoms with Crippen molar-refractivity contribution in [2.75, 3.05) is 13.1 Å². The summed E-state index contributed by atoms with van der Waals surface area (Å²) in [4.78, 5) is 11.4. The molecule has 3 heterocycles. The van der Waals surface area contributed by atoms with Crippen LogP contribution < -0.4 is 4.74 Å². The maximum Gasteiger partial charge on any atom is 0.229 e. The number of hydrogen-bond donors (Lipinski definition) is 0. The van der Waals surface area contributed by atoms with Crippen LogP contribution in [0.5, 0.6) is 5.88 Å². The number of likely N-dealkylation sites (tertiary alicyclic amines) is 1. The third-order valence-electron chi connectivity index (χ3n) is 5.58. The van der Waals surface area contributed by atoms with E-state index in [1.165, 1.54) is 32.1 Å². The lowest BCUT2D eigenvalue weighted by Gasteiger charge is -2.31. The lowest BCUT2D eigenvalue weighted by molar-refractivity contribution is 0.0908. The van der Waals surface area contributed by atoms with Crippen molar-refractivity contribution in [3.05, 3.63) is 35.6 Å². The first-order valence-electron chi connectivity index (χ1n) is 9.91. The molecule has 0 spiro atoms. The van der Waals surface area contributed by atoms with Gasteiger partial charge in [0.25, 0.3) is 0 Å². The van der Waals surface area contributed by atoms with Crippen molar-refractivity contribution in [1.82, 2.24) is 20.0 Å². The summed E-state index contributed by atoms with van der Waals surface area (Å²) < 4.78 is 11.6. The van der Waals surface area contributed by atoms with E-state index in [-0.39, 0.29) is 6.10 Å². The van der Waals surface area contributed by atoms with E-state index in [0.717, 1.165) is 55.6 Å². The molecular weight excluding hydrogens is 328 g/mol. The van der Waals surface area contributed by atoms with Crippen molar-refractivity contribution >= 4 is 0 Å². The second kappa shape index (κ2) is 8.16. The molecule has 0 radical (unpaired) electrons. The molecule has 0 bridgehead atoms. The average molecular weight is 356 g/mol. The summed E-state index contributed by atoms with van der Waals surface area (Å²) in [5.74, 6) is 2.92. The molecule has 26 heavy (non-hydrogen) atoms. The quantitative estimate of drug-likeness (QED) is 0.810. The van der Waals surface area contributed by atoms with Gasteiger partial charge >= 0.3 is 0 Å². The summed E-state index contributed by atoms with van der Waals surface area (Å²) in [6.45, 7) is 4.79. The Labute approximate surface area is 154 Å². The summed E-state index contributed by atoms with van der Waals surface area (Å²) >= 11 is 0. The largest absolute Gasteiger partial charge is 0.474 e. The predicted molar refractivity (Wildman–Crippen MR) is 98.0 cm³/mol. The Hall–Kier alpha value is -1.95. The molecule has 140 valence electrons. The second-order valence-electron chi connectivity index (χ2n) is 7.60. The first-order chi connectivity index (χ1) is 12.8. The van der Waals surface area contributed by atoms with Gasteiger partial charge in [-0.2, -0.15) is 4.98 Å². The zero-order valence-electron chi connectivity index (χ0n) is 15.6. The normalized spacial score (nSPS) is 20.3. The molecule has 4 rings (SSSR count). The Morgan fingerprint density at radius 1 is 1.15 bits per heavy atom. The van der Waals surface area contributed by atoms with Crippen LogP contribution >= 0.6 is 0 Å². The van der Waals surface area contributed by atoms with Gasteiger partial charge in [-0.3, -0.25) is 4.90 Å². The summed E-state index contributed by atoms with van der Waals surface area (Å²) in [5, 5.41) is 4.21. The van der Waals surface area contributed by atoms with E-state index in [1.807, 2.05) is 19.1 Å². The molecule has 2 fully saturated rings. The molecule has 0 N–H and O–H groups in total. The van der Waals surface area contributed by atoms with Gasteiger partial charge in [0, 0.05) is 30.8 Å². The first kappa shape index (κ1) is 17.5. The van der Waals surface area contributed by atoms with E-state index in [4.69, 9.17) is 9.26 Å². The molecule has 1 saturated heterocycles. The standard InChI is InChI=1S/C20H28N4O2/c1-15-6-5-11-21-19(15)25-17-9-12-24(13-10-17)14-18-22-20(26-23-18)16-7-3-2-4-8-16/h5-6,11,16-17H,2-4,7-10,12-14H2,1H3. The number of aryl methyl sites for hydroxylation is 1. The molecule has 2 aromatic heterocycles. The molecule has 2 aliphatic rings. The number of rotatable bonds is 5. The highest BCUT2D eigenvalue weighted by Crippen LogP contribution is 2.31. The Kier molecular flexibility index (Phi) is 5.48. The van der Waals surface area contributed by atoms with Crippen LogP contribution in [-0.2, 0) is 6.54 Å². The second-order valence-corrected chi connectivity index (χ2v) is 7.60. The van der Waals surface area contributed by atoms with E-state index in [1.54, 1.807) is 6.20 Å². The van der Waals surface area contributed by atoms with Crippen LogP contribution in [-0.4, -0.2) is 39.2 Å². The zero-order valence-corrected chi connectivity index (χ0v) is 15.6. The summed E-state index contributed by atoms with van der Waals surface area (Å²) in [6, 6.07) is 3.98. The highest BCUT2D eigenvalue weighted by atomic mass is 16.5. The monoisotopic (exact) mass is 356 g/mol. The van der Waals surface area contributed by atoms with Crippen molar-refractivity contribution in [2.24, 2.45) is 0 Å². The highest BCUT2D eigenvalue weighted by molar-refractivity contribution is 5.23. The maximum atomic E-state index is 6.08. The number of pyridine rings is 1. The maximum absolute atomic E-state index is 6.08. The molecule has 6 heteroatoms. The highest BCUT2D eigenvalue weighted by Gasteiger charge is 2.25. The third-order valence-corrected chi connectivity index (χ3v) is 5.58. The average Bonchev–Trinajstić information content (AvgIpc) is 3.14. The van der Waals surface area contributed by atoms with Gasteiger partial charge in [-0.1, -0.05) is 30.5 Å². The fraction of sp³-hybridized carbons (Fsp3) is 0.650. The van der Waals surface area contributed by atoms with Crippen LogP contribution in [0.1, 0.15) is 68.1 Å². The topological polar surface area (TPSA) is 64.3 Å². The summed E-state index contributed by atoms with van der Waals surface area (Å²) in [5.41, 5.74) is 1.09. The van der Waals surface area contributed by atoms with Crippen molar-refractivity contribution in [3.8, 4) is 5.88 Å². The number of ether oxygens (including phenoxy) is 1. The van der Waals surface area contributed by atoms with Gasteiger partial charge in [0.05, 0.1) is 6.54 Å².